The number of alkyl halides is 3. The molecule has 3 aromatic carbocycles. The number of carbonyl (C=O) groups is 2. The number of likely N-dealkylation sites (tertiary alicyclic amines) is 1. The molecule has 0 aliphatic carbocycles. The number of rotatable bonds is 14. The molecule has 1 aromatic heterocycles. The molecule has 2 aliphatic heterocycles. The lowest BCUT2D eigenvalue weighted by molar-refractivity contribution is -0.145. The number of amides is 1. The normalized spacial score (nSPS) is 15.8. The Balaban J connectivity index is 1.09. The lowest BCUT2D eigenvalue weighted by Crippen LogP contribution is -2.47. The van der Waals surface area contributed by atoms with E-state index in [9.17, 15) is 31.2 Å². The predicted octanol–water partition coefficient (Wildman–Crippen LogP) is 7.57. The van der Waals surface area contributed by atoms with Crippen molar-refractivity contribution >= 4 is 33.3 Å². The van der Waals surface area contributed by atoms with Gasteiger partial charge in [-0.1, -0.05) is 56.3 Å². The fourth-order valence-corrected chi connectivity index (χ4v) is 8.16. The minimum Gasteiger partial charge on any atom is -0.465 e. The summed E-state index contributed by atoms with van der Waals surface area (Å²) >= 11 is 0. The molecule has 0 radical (unpaired) electrons. The zero-order valence-electron chi connectivity index (χ0n) is 32.1. The summed E-state index contributed by atoms with van der Waals surface area (Å²) in [5, 5.41) is 0. The number of hydrogen-bond acceptors (Lipinski definition) is 9. The van der Waals surface area contributed by atoms with E-state index < -0.39 is 21.8 Å². The van der Waals surface area contributed by atoms with Crippen LogP contribution < -0.4 is 14.4 Å². The molecule has 15 heteroatoms. The van der Waals surface area contributed by atoms with E-state index in [0.29, 0.717) is 99.9 Å². The standard InChI is InChI=1S/C42H48F3N5O6S/c1-30(2)28-55-40(51)18-19-48-22-24-49(25-23-48)38-14-10-34(26-37(38)47-57(53,54)29-31-6-4-3-5-7-31)41(52)50-20-16-33(17-21-50)32-8-12-36(13-9-32)56-39-15-11-35(27-46-39)42(43,44)45/h3-15,26-27,30,33,47H,16-25,28-29H2,1-2H3. The number of benzene rings is 3. The van der Waals surface area contributed by atoms with Gasteiger partial charge < -0.3 is 19.3 Å². The Labute approximate surface area is 331 Å². The summed E-state index contributed by atoms with van der Waals surface area (Å²) in [7, 11) is -3.84. The predicted molar refractivity (Wildman–Crippen MR) is 212 cm³/mol. The molecule has 0 spiro atoms. The third-order valence-corrected chi connectivity index (χ3v) is 11.3. The van der Waals surface area contributed by atoms with Crippen LogP contribution in [0.2, 0.25) is 0 Å². The molecule has 2 saturated heterocycles. The van der Waals surface area contributed by atoms with Gasteiger partial charge in [0.15, 0.2) is 0 Å². The molecule has 2 fully saturated rings. The van der Waals surface area contributed by atoms with E-state index in [2.05, 4.69) is 19.5 Å². The van der Waals surface area contributed by atoms with Crippen LogP contribution in [0.4, 0.5) is 24.5 Å². The van der Waals surface area contributed by atoms with Gasteiger partial charge in [0.05, 0.1) is 35.7 Å². The molecule has 3 heterocycles. The monoisotopic (exact) mass is 807 g/mol. The van der Waals surface area contributed by atoms with Crippen LogP contribution in [0.3, 0.4) is 0 Å². The second-order valence-electron chi connectivity index (χ2n) is 14.9. The van der Waals surface area contributed by atoms with Crippen LogP contribution in [0, 0.1) is 5.92 Å². The van der Waals surface area contributed by atoms with Gasteiger partial charge >= 0.3 is 12.1 Å². The Morgan fingerprint density at radius 2 is 1.60 bits per heavy atom. The summed E-state index contributed by atoms with van der Waals surface area (Å²) in [6, 6.07) is 23.5. The van der Waals surface area contributed by atoms with Crippen LogP contribution in [-0.4, -0.2) is 87.5 Å². The molecule has 0 bridgehead atoms. The van der Waals surface area contributed by atoms with Crippen molar-refractivity contribution in [3.63, 3.8) is 0 Å². The number of nitrogens with zero attached hydrogens (tertiary/aromatic N) is 4. The maximum atomic E-state index is 13.9. The number of ether oxygens (including phenoxy) is 2. The molecule has 1 amide bonds. The topological polar surface area (TPSA) is 121 Å². The van der Waals surface area contributed by atoms with Gasteiger partial charge in [-0.2, -0.15) is 13.2 Å². The van der Waals surface area contributed by atoms with Crippen molar-refractivity contribution in [2.75, 3.05) is 62.0 Å². The largest absolute Gasteiger partial charge is 0.465 e. The highest BCUT2D eigenvalue weighted by molar-refractivity contribution is 7.91. The summed E-state index contributed by atoms with van der Waals surface area (Å²) in [6.07, 6.45) is -2.02. The minimum absolute atomic E-state index is 0.0539. The summed E-state index contributed by atoms with van der Waals surface area (Å²) in [6.45, 7) is 8.53. The summed E-state index contributed by atoms with van der Waals surface area (Å²) in [5.74, 6) is 0.321. The maximum absolute atomic E-state index is 13.9. The highest BCUT2D eigenvalue weighted by atomic mass is 32.2. The first-order chi connectivity index (χ1) is 27.2. The Kier molecular flexibility index (Phi) is 13.4. The number of esters is 1. The molecule has 57 heavy (non-hydrogen) atoms. The molecule has 0 saturated carbocycles. The highest BCUT2D eigenvalue weighted by Crippen LogP contribution is 2.34. The van der Waals surface area contributed by atoms with E-state index >= 15 is 0 Å². The molecule has 0 unspecified atom stereocenters. The first-order valence-corrected chi connectivity index (χ1v) is 20.8. The number of piperazine rings is 1. The average molecular weight is 808 g/mol. The van der Waals surface area contributed by atoms with Crippen molar-refractivity contribution in [3.8, 4) is 11.6 Å². The molecule has 6 rings (SSSR count). The number of carbonyl (C=O) groups excluding carboxylic acids is 2. The number of anilines is 2. The molecule has 1 N–H and O–H groups in total. The maximum Gasteiger partial charge on any atom is 0.417 e. The fraction of sp³-hybridized carbons (Fsp3) is 0.405. The van der Waals surface area contributed by atoms with Gasteiger partial charge in [-0.15, -0.1) is 0 Å². The van der Waals surface area contributed by atoms with E-state index in [1.165, 1.54) is 6.07 Å². The van der Waals surface area contributed by atoms with Crippen molar-refractivity contribution < 1.29 is 40.7 Å². The Morgan fingerprint density at radius 1 is 0.895 bits per heavy atom. The van der Waals surface area contributed by atoms with Gasteiger partial charge in [-0.3, -0.25) is 19.2 Å². The molecular weight excluding hydrogens is 760 g/mol. The second kappa shape index (κ2) is 18.4. The molecule has 0 atom stereocenters. The summed E-state index contributed by atoms with van der Waals surface area (Å²) < 4.78 is 79.3. The SMILES string of the molecule is CC(C)COC(=O)CCN1CCN(c2ccc(C(=O)N3CCC(c4ccc(Oc5ccc(C(F)(F)F)cn5)cc4)CC3)cc2NS(=O)(=O)Cc2ccccc2)CC1. The number of nitrogens with one attached hydrogen (secondary N) is 1. The van der Waals surface area contributed by atoms with E-state index in [1.54, 1.807) is 53.4 Å². The van der Waals surface area contributed by atoms with Crippen LogP contribution in [0.1, 0.15) is 66.1 Å². The molecule has 2 aliphatic rings. The van der Waals surface area contributed by atoms with Crippen LogP contribution in [0.15, 0.2) is 91.1 Å². The van der Waals surface area contributed by atoms with E-state index in [4.69, 9.17) is 9.47 Å². The van der Waals surface area contributed by atoms with E-state index in [1.807, 2.05) is 38.1 Å². The summed E-state index contributed by atoms with van der Waals surface area (Å²) in [4.78, 5) is 35.9. The van der Waals surface area contributed by atoms with Gasteiger partial charge in [0.1, 0.15) is 5.75 Å². The van der Waals surface area contributed by atoms with Crippen molar-refractivity contribution in [1.82, 2.24) is 14.8 Å². The lowest BCUT2D eigenvalue weighted by atomic mass is 9.89. The van der Waals surface area contributed by atoms with Crippen LogP contribution in [0.5, 0.6) is 11.6 Å². The molecule has 4 aromatic rings. The van der Waals surface area contributed by atoms with Crippen molar-refractivity contribution in [2.45, 2.75) is 51.0 Å². The Morgan fingerprint density at radius 3 is 2.23 bits per heavy atom. The van der Waals surface area contributed by atoms with Crippen molar-refractivity contribution in [2.24, 2.45) is 5.92 Å². The van der Waals surface area contributed by atoms with Crippen molar-refractivity contribution in [1.29, 1.82) is 0 Å². The smallest absolute Gasteiger partial charge is 0.417 e. The zero-order valence-corrected chi connectivity index (χ0v) is 32.9. The van der Waals surface area contributed by atoms with E-state index in [0.717, 1.165) is 17.8 Å². The van der Waals surface area contributed by atoms with Crippen LogP contribution in [-0.2, 0) is 31.5 Å². The second-order valence-corrected chi connectivity index (χ2v) is 16.6. The number of hydrogen-bond donors (Lipinski definition) is 1. The summed E-state index contributed by atoms with van der Waals surface area (Å²) in [5.41, 5.74) is 2.24. The van der Waals surface area contributed by atoms with Gasteiger partial charge in [-0.25, -0.2) is 13.4 Å². The van der Waals surface area contributed by atoms with Crippen molar-refractivity contribution in [3.05, 3.63) is 113 Å². The first-order valence-electron chi connectivity index (χ1n) is 19.1. The molecular formula is C42H48F3N5O6S. The minimum atomic E-state index is -4.48. The number of piperidine rings is 1. The Bertz CT molecular complexity index is 2070. The first kappa shape index (κ1) is 41.5. The molecule has 304 valence electrons. The van der Waals surface area contributed by atoms with E-state index in [-0.39, 0.29) is 35.3 Å². The zero-order chi connectivity index (χ0) is 40.6. The number of pyridine rings is 1. The highest BCUT2D eigenvalue weighted by Gasteiger charge is 2.31. The third-order valence-electron chi connectivity index (χ3n) is 10.1. The quantitative estimate of drug-likeness (QED) is 0.129. The number of halogens is 3. The van der Waals surface area contributed by atoms with Gasteiger partial charge in [0.2, 0.25) is 15.9 Å². The molecule has 11 nitrogen and oxygen atoms in total. The number of sulfonamides is 1. The van der Waals surface area contributed by atoms with Gasteiger partial charge in [0, 0.05) is 63.6 Å². The van der Waals surface area contributed by atoms with Gasteiger partial charge in [-0.05, 0) is 72.2 Å². The average Bonchev–Trinajstić information content (AvgIpc) is 3.19. The van der Waals surface area contributed by atoms with Crippen LogP contribution in [0.25, 0.3) is 0 Å². The van der Waals surface area contributed by atoms with Gasteiger partial charge in [0.25, 0.3) is 5.91 Å². The van der Waals surface area contributed by atoms with Crippen LogP contribution >= 0.6 is 0 Å². The Hall–Kier alpha value is -5.15. The number of aromatic nitrogens is 1. The lowest BCUT2D eigenvalue weighted by Gasteiger charge is -2.37. The third kappa shape index (κ3) is 11.7. The fourth-order valence-electron chi connectivity index (χ4n) is 6.95.